The van der Waals surface area contributed by atoms with Crippen LogP contribution < -0.4 is 0 Å². The van der Waals surface area contributed by atoms with Crippen LogP contribution in [0.5, 0.6) is 0 Å². The minimum absolute atomic E-state index is 0.0973. The van der Waals surface area contributed by atoms with Crippen molar-refractivity contribution in [2.75, 3.05) is 12.4 Å². The summed E-state index contributed by atoms with van der Waals surface area (Å²) in [4.78, 5) is 0.345. The summed E-state index contributed by atoms with van der Waals surface area (Å²) in [6.45, 7) is -0.435. The van der Waals surface area contributed by atoms with Crippen LogP contribution in [-0.4, -0.2) is 28.7 Å². The lowest BCUT2D eigenvalue weighted by Gasteiger charge is -2.10. The number of benzene rings is 1. The molecule has 0 aliphatic heterocycles. The second-order valence-corrected chi connectivity index (χ2v) is 4.53. The molecule has 1 rings (SSSR count). The zero-order chi connectivity index (χ0) is 13.8. The number of rotatable bonds is 4. The van der Waals surface area contributed by atoms with E-state index in [1.165, 1.54) is 6.07 Å². The molecular formula is C11H10F3NO2S. The van der Waals surface area contributed by atoms with Crippen molar-refractivity contribution < 1.29 is 23.4 Å². The van der Waals surface area contributed by atoms with Crippen molar-refractivity contribution in [2.45, 2.75) is 17.2 Å². The Morgan fingerprint density at radius 2 is 2.06 bits per heavy atom. The Morgan fingerprint density at radius 3 is 2.56 bits per heavy atom. The number of halogens is 3. The molecule has 0 saturated heterocycles. The molecule has 0 aromatic heterocycles. The Morgan fingerprint density at radius 1 is 1.39 bits per heavy atom. The zero-order valence-electron chi connectivity index (χ0n) is 9.11. The molecule has 0 amide bonds. The first kappa shape index (κ1) is 14.8. The van der Waals surface area contributed by atoms with Gasteiger partial charge in [-0.1, -0.05) is 0 Å². The standard InChI is InChI=1S/C11H10F3NO2S/c12-11(13,14)8-1-2-10(7(3-8)4-15)18-6-9(17)5-16/h1-3,9,16-17H,5-6H2. The third-order valence-corrected chi connectivity index (χ3v) is 3.29. The molecule has 2 N–H and O–H groups in total. The van der Waals surface area contributed by atoms with Crippen molar-refractivity contribution in [3.63, 3.8) is 0 Å². The Balaban J connectivity index is 2.92. The Bertz CT molecular complexity index is 457. The van der Waals surface area contributed by atoms with Crippen LogP contribution in [0.15, 0.2) is 23.1 Å². The molecule has 0 fully saturated rings. The first-order valence-electron chi connectivity index (χ1n) is 4.91. The molecule has 98 valence electrons. The SMILES string of the molecule is N#Cc1cc(C(F)(F)F)ccc1SCC(O)CO. The van der Waals surface area contributed by atoms with Crippen molar-refractivity contribution in [1.82, 2.24) is 0 Å². The molecule has 0 aliphatic carbocycles. The van der Waals surface area contributed by atoms with Gasteiger partial charge in [0, 0.05) is 10.6 Å². The molecular weight excluding hydrogens is 267 g/mol. The highest BCUT2D eigenvalue weighted by Crippen LogP contribution is 2.33. The summed E-state index contributed by atoms with van der Waals surface area (Å²) < 4.78 is 37.2. The van der Waals surface area contributed by atoms with Crippen molar-refractivity contribution >= 4 is 11.8 Å². The van der Waals surface area contributed by atoms with Gasteiger partial charge in [-0.25, -0.2) is 0 Å². The fourth-order valence-corrected chi connectivity index (χ4v) is 2.06. The van der Waals surface area contributed by atoms with Crippen LogP contribution in [0.3, 0.4) is 0 Å². The lowest BCUT2D eigenvalue weighted by atomic mass is 10.1. The molecule has 0 bridgehead atoms. The molecule has 18 heavy (non-hydrogen) atoms. The van der Waals surface area contributed by atoms with E-state index >= 15 is 0 Å². The van der Waals surface area contributed by atoms with Crippen LogP contribution in [0.25, 0.3) is 0 Å². The van der Waals surface area contributed by atoms with Crippen LogP contribution in [0.4, 0.5) is 13.2 Å². The van der Waals surface area contributed by atoms with E-state index in [1.807, 2.05) is 0 Å². The maximum absolute atomic E-state index is 12.4. The van der Waals surface area contributed by atoms with E-state index in [-0.39, 0.29) is 11.3 Å². The molecule has 0 radical (unpaired) electrons. The van der Waals surface area contributed by atoms with Gasteiger partial charge in [-0.2, -0.15) is 18.4 Å². The third kappa shape index (κ3) is 3.91. The van der Waals surface area contributed by atoms with Gasteiger partial charge in [-0.05, 0) is 18.2 Å². The van der Waals surface area contributed by atoms with Gasteiger partial charge in [0.1, 0.15) is 6.07 Å². The highest BCUT2D eigenvalue weighted by molar-refractivity contribution is 7.99. The fraction of sp³-hybridized carbons (Fsp3) is 0.364. The minimum atomic E-state index is -4.49. The number of alkyl halides is 3. The molecule has 0 spiro atoms. The van der Waals surface area contributed by atoms with E-state index in [2.05, 4.69) is 0 Å². The second kappa shape index (κ2) is 6.09. The van der Waals surface area contributed by atoms with Gasteiger partial charge < -0.3 is 10.2 Å². The summed E-state index contributed by atoms with van der Waals surface area (Å²) in [5, 5.41) is 26.5. The van der Waals surface area contributed by atoms with Gasteiger partial charge in [-0.3, -0.25) is 0 Å². The smallest absolute Gasteiger partial charge is 0.394 e. The number of nitriles is 1. The van der Waals surface area contributed by atoms with E-state index in [0.29, 0.717) is 4.90 Å². The monoisotopic (exact) mass is 277 g/mol. The summed E-state index contributed by atoms with van der Waals surface area (Å²) in [6, 6.07) is 4.53. The number of hydrogen-bond donors (Lipinski definition) is 2. The molecule has 1 atom stereocenters. The van der Waals surface area contributed by atoms with Crippen LogP contribution >= 0.6 is 11.8 Å². The van der Waals surface area contributed by atoms with Gasteiger partial charge in [-0.15, -0.1) is 11.8 Å². The van der Waals surface area contributed by atoms with Gasteiger partial charge in [0.2, 0.25) is 0 Å². The topological polar surface area (TPSA) is 64.2 Å². The summed E-state index contributed by atoms with van der Waals surface area (Å²) >= 11 is 1.02. The Labute approximate surface area is 106 Å². The Kier molecular flexibility index (Phi) is 5.02. The third-order valence-electron chi connectivity index (χ3n) is 2.07. The molecule has 7 heteroatoms. The normalized spacial score (nSPS) is 13.1. The van der Waals surface area contributed by atoms with Crippen LogP contribution in [0.1, 0.15) is 11.1 Å². The highest BCUT2D eigenvalue weighted by Gasteiger charge is 2.31. The predicted molar refractivity (Wildman–Crippen MR) is 60.0 cm³/mol. The van der Waals surface area contributed by atoms with Crippen LogP contribution in [0.2, 0.25) is 0 Å². The van der Waals surface area contributed by atoms with Crippen LogP contribution in [-0.2, 0) is 6.18 Å². The van der Waals surface area contributed by atoms with Gasteiger partial charge in [0.25, 0.3) is 0 Å². The van der Waals surface area contributed by atoms with Crippen molar-refractivity contribution in [3.8, 4) is 6.07 Å². The second-order valence-electron chi connectivity index (χ2n) is 3.47. The number of aliphatic hydroxyl groups is 2. The summed E-state index contributed by atoms with van der Waals surface area (Å²) in [5.41, 5.74) is -0.980. The zero-order valence-corrected chi connectivity index (χ0v) is 9.92. The van der Waals surface area contributed by atoms with Crippen molar-refractivity contribution in [3.05, 3.63) is 29.3 Å². The molecule has 1 aromatic carbocycles. The first-order chi connectivity index (χ1) is 8.38. The number of thioether (sulfide) groups is 1. The molecule has 3 nitrogen and oxygen atoms in total. The summed E-state index contributed by atoms with van der Waals surface area (Å²) in [5.74, 6) is 0.108. The number of aliphatic hydroxyl groups excluding tert-OH is 2. The summed E-state index contributed by atoms with van der Waals surface area (Å²) in [7, 11) is 0. The lowest BCUT2D eigenvalue weighted by molar-refractivity contribution is -0.137. The van der Waals surface area contributed by atoms with Crippen LogP contribution in [0, 0.1) is 11.3 Å². The van der Waals surface area contributed by atoms with Gasteiger partial charge >= 0.3 is 6.18 Å². The van der Waals surface area contributed by atoms with E-state index in [1.54, 1.807) is 6.07 Å². The quantitative estimate of drug-likeness (QED) is 0.826. The van der Waals surface area contributed by atoms with E-state index in [0.717, 1.165) is 23.9 Å². The van der Waals surface area contributed by atoms with Gasteiger partial charge in [0.05, 0.1) is 23.8 Å². The van der Waals surface area contributed by atoms with E-state index in [4.69, 9.17) is 15.5 Å². The lowest BCUT2D eigenvalue weighted by Crippen LogP contribution is -2.14. The molecule has 0 aliphatic rings. The maximum Gasteiger partial charge on any atom is 0.416 e. The molecule has 0 saturated carbocycles. The number of hydrogen-bond acceptors (Lipinski definition) is 4. The predicted octanol–water partition coefficient (Wildman–Crippen LogP) is 2.02. The molecule has 1 unspecified atom stereocenters. The average Bonchev–Trinajstić information content (AvgIpc) is 2.34. The summed E-state index contributed by atoms with van der Waals surface area (Å²) in [6.07, 6.45) is -5.46. The number of nitrogens with zero attached hydrogens (tertiary/aromatic N) is 1. The maximum atomic E-state index is 12.4. The Hall–Kier alpha value is -1.23. The molecule has 0 heterocycles. The average molecular weight is 277 g/mol. The molecule has 1 aromatic rings. The van der Waals surface area contributed by atoms with Gasteiger partial charge in [0.15, 0.2) is 0 Å². The largest absolute Gasteiger partial charge is 0.416 e. The first-order valence-corrected chi connectivity index (χ1v) is 5.90. The highest BCUT2D eigenvalue weighted by atomic mass is 32.2. The van der Waals surface area contributed by atoms with Crippen molar-refractivity contribution in [2.24, 2.45) is 0 Å². The fourth-order valence-electron chi connectivity index (χ4n) is 1.16. The van der Waals surface area contributed by atoms with Crippen molar-refractivity contribution in [1.29, 1.82) is 5.26 Å². The minimum Gasteiger partial charge on any atom is -0.394 e. The van der Waals surface area contributed by atoms with E-state index < -0.39 is 24.5 Å². The van der Waals surface area contributed by atoms with E-state index in [9.17, 15) is 13.2 Å².